The number of hydrogen-bond acceptors (Lipinski definition) is 3. The zero-order valence-electron chi connectivity index (χ0n) is 11.7. The van der Waals surface area contributed by atoms with Gasteiger partial charge in [-0.3, -0.25) is 0 Å². The Morgan fingerprint density at radius 3 is 2.89 bits per heavy atom. The third-order valence-electron chi connectivity index (χ3n) is 3.57. The van der Waals surface area contributed by atoms with E-state index in [4.69, 9.17) is 4.74 Å². The normalized spacial score (nSPS) is 19.2. The zero-order valence-corrected chi connectivity index (χ0v) is 11.7. The van der Waals surface area contributed by atoms with E-state index in [9.17, 15) is 0 Å². The summed E-state index contributed by atoms with van der Waals surface area (Å²) in [5, 5.41) is 7.03. The van der Waals surface area contributed by atoms with Crippen LogP contribution in [0.15, 0.2) is 12.1 Å². The Labute approximate surface area is 110 Å². The summed E-state index contributed by atoms with van der Waals surface area (Å²) in [6, 6.07) is 5.02. The minimum absolute atomic E-state index is 0.641. The first-order chi connectivity index (χ1) is 8.70. The van der Waals surface area contributed by atoms with Gasteiger partial charge in [-0.1, -0.05) is 17.7 Å². The third kappa shape index (κ3) is 3.24. The smallest absolute Gasteiger partial charge is 0.126 e. The Morgan fingerprint density at radius 1 is 1.39 bits per heavy atom. The maximum absolute atomic E-state index is 5.50. The molecule has 0 aliphatic carbocycles. The molecule has 0 bridgehead atoms. The molecule has 1 unspecified atom stereocenters. The second-order valence-corrected chi connectivity index (χ2v) is 5.20. The quantitative estimate of drug-likeness (QED) is 0.837. The molecule has 1 aliphatic heterocycles. The van der Waals surface area contributed by atoms with E-state index in [-0.39, 0.29) is 0 Å². The Bertz CT molecular complexity index is 398. The van der Waals surface area contributed by atoms with E-state index in [1.807, 2.05) is 0 Å². The molecule has 0 saturated carbocycles. The number of rotatable bonds is 5. The average molecular weight is 248 g/mol. The number of ether oxygens (including phenoxy) is 1. The van der Waals surface area contributed by atoms with Gasteiger partial charge in [0.2, 0.25) is 0 Å². The lowest BCUT2D eigenvalue weighted by Gasteiger charge is -2.15. The molecule has 1 heterocycles. The molecule has 1 aromatic rings. The lowest BCUT2D eigenvalue weighted by atomic mass is 10.1. The molecule has 3 heteroatoms. The van der Waals surface area contributed by atoms with Gasteiger partial charge in [-0.2, -0.15) is 0 Å². The highest BCUT2D eigenvalue weighted by molar-refractivity contribution is 5.43. The Balaban J connectivity index is 1.95. The molecule has 0 spiro atoms. The summed E-state index contributed by atoms with van der Waals surface area (Å²) >= 11 is 0. The molecule has 1 saturated heterocycles. The van der Waals surface area contributed by atoms with Gasteiger partial charge in [0.05, 0.1) is 7.11 Å². The predicted molar refractivity (Wildman–Crippen MR) is 75.2 cm³/mol. The van der Waals surface area contributed by atoms with Crippen molar-refractivity contribution in [3.8, 4) is 5.75 Å². The van der Waals surface area contributed by atoms with Gasteiger partial charge in [-0.25, -0.2) is 0 Å². The van der Waals surface area contributed by atoms with Crippen molar-refractivity contribution in [2.75, 3.05) is 20.2 Å². The van der Waals surface area contributed by atoms with Crippen molar-refractivity contribution < 1.29 is 4.74 Å². The van der Waals surface area contributed by atoms with Crippen LogP contribution >= 0.6 is 0 Å². The molecule has 1 aliphatic rings. The monoisotopic (exact) mass is 248 g/mol. The highest BCUT2D eigenvalue weighted by atomic mass is 16.5. The summed E-state index contributed by atoms with van der Waals surface area (Å²) in [5.41, 5.74) is 3.77. The summed E-state index contributed by atoms with van der Waals surface area (Å²) in [6.07, 6.45) is 2.59. The molecule has 2 N–H and O–H groups in total. The minimum atomic E-state index is 0.641. The van der Waals surface area contributed by atoms with Crippen molar-refractivity contribution in [1.29, 1.82) is 0 Å². The summed E-state index contributed by atoms with van der Waals surface area (Å²) in [6.45, 7) is 7.32. The fourth-order valence-corrected chi connectivity index (χ4v) is 2.78. The molecule has 3 nitrogen and oxygen atoms in total. The highest BCUT2D eigenvalue weighted by Gasteiger charge is 2.13. The van der Waals surface area contributed by atoms with Crippen molar-refractivity contribution in [1.82, 2.24) is 10.6 Å². The van der Waals surface area contributed by atoms with Crippen LogP contribution in [0.3, 0.4) is 0 Å². The number of hydrogen-bond donors (Lipinski definition) is 2. The van der Waals surface area contributed by atoms with Gasteiger partial charge < -0.3 is 15.4 Å². The summed E-state index contributed by atoms with van der Waals surface area (Å²) < 4.78 is 5.50. The SMILES string of the molecule is COc1c(C)cc(C)cc1CNCC1CCCN1. The van der Waals surface area contributed by atoms with E-state index in [1.54, 1.807) is 7.11 Å². The fraction of sp³-hybridized carbons (Fsp3) is 0.600. The standard InChI is InChI=1S/C15H24N2O/c1-11-7-12(2)15(18-3)13(8-11)9-16-10-14-5-4-6-17-14/h7-8,14,16-17H,4-6,9-10H2,1-3H3. The van der Waals surface area contributed by atoms with Crippen LogP contribution in [0.5, 0.6) is 5.75 Å². The van der Waals surface area contributed by atoms with Crippen LogP contribution in [-0.4, -0.2) is 26.2 Å². The van der Waals surface area contributed by atoms with E-state index in [0.717, 1.165) is 18.8 Å². The van der Waals surface area contributed by atoms with Gasteiger partial charge in [0.1, 0.15) is 5.75 Å². The molecule has 1 atom stereocenters. The zero-order chi connectivity index (χ0) is 13.0. The van der Waals surface area contributed by atoms with Crippen molar-refractivity contribution in [3.63, 3.8) is 0 Å². The molecule has 0 radical (unpaired) electrons. The first-order valence-electron chi connectivity index (χ1n) is 6.79. The van der Waals surface area contributed by atoms with Crippen LogP contribution < -0.4 is 15.4 Å². The minimum Gasteiger partial charge on any atom is -0.496 e. The number of methoxy groups -OCH3 is 1. The fourth-order valence-electron chi connectivity index (χ4n) is 2.78. The summed E-state index contributed by atoms with van der Waals surface area (Å²) in [5.74, 6) is 1.02. The van der Waals surface area contributed by atoms with Crippen LogP contribution in [0.25, 0.3) is 0 Å². The maximum Gasteiger partial charge on any atom is 0.126 e. The van der Waals surface area contributed by atoms with E-state index in [2.05, 4.69) is 36.6 Å². The topological polar surface area (TPSA) is 33.3 Å². The molecule has 0 aromatic heterocycles. The Morgan fingerprint density at radius 2 is 2.22 bits per heavy atom. The van der Waals surface area contributed by atoms with Gasteiger partial charge in [-0.15, -0.1) is 0 Å². The molecule has 18 heavy (non-hydrogen) atoms. The first-order valence-corrected chi connectivity index (χ1v) is 6.79. The largest absolute Gasteiger partial charge is 0.496 e. The van der Waals surface area contributed by atoms with Crippen LogP contribution in [0.4, 0.5) is 0 Å². The average Bonchev–Trinajstić information content (AvgIpc) is 2.81. The van der Waals surface area contributed by atoms with Crippen LogP contribution in [-0.2, 0) is 6.54 Å². The molecular formula is C15H24N2O. The van der Waals surface area contributed by atoms with E-state index in [0.29, 0.717) is 6.04 Å². The van der Waals surface area contributed by atoms with Gasteiger partial charge in [-0.05, 0) is 38.8 Å². The van der Waals surface area contributed by atoms with Crippen LogP contribution in [0.1, 0.15) is 29.5 Å². The second kappa shape index (κ2) is 6.21. The van der Waals surface area contributed by atoms with Crippen molar-refractivity contribution >= 4 is 0 Å². The van der Waals surface area contributed by atoms with Crippen LogP contribution in [0, 0.1) is 13.8 Å². The summed E-state index contributed by atoms with van der Waals surface area (Å²) in [7, 11) is 1.75. The van der Waals surface area contributed by atoms with Gasteiger partial charge in [0.15, 0.2) is 0 Å². The van der Waals surface area contributed by atoms with E-state index < -0.39 is 0 Å². The number of nitrogens with one attached hydrogen (secondary N) is 2. The highest BCUT2D eigenvalue weighted by Crippen LogP contribution is 2.24. The van der Waals surface area contributed by atoms with Crippen molar-refractivity contribution in [3.05, 3.63) is 28.8 Å². The lowest BCUT2D eigenvalue weighted by molar-refractivity contribution is 0.403. The molecular weight excluding hydrogens is 224 g/mol. The molecule has 0 amide bonds. The Hall–Kier alpha value is -1.06. The number of aryl methyl sites for hydroxylation is 2. The van der Waals surface area contributed by atoms with E-state index in [1.165, 1.54) is 36.1 Å². The summed E-state index contributed by atoms with van der Waals surface area (Å²) in [4.78, 5) is 0. The second-order valence-electron chi connectivity index (χ2n) is 5.20. The molecule has 100 valence electrons. The first kappa shape index (κ1) is 13.4. The molecule has 1 fully saturated rings. The maximum atomic E-state index is 5.50. The lowest BCUT2D eigenvalue weighted by Crippen LogP contribution is -2.33. The van der Waals surface area contributed by atoms with Gasteiger partial charge in [0.25, 0.3) is 0 Å². The molecule has 1 aromatic carbocycles. The van der Waals surface area contributed by atoms with Crippen molar-refractivity contribution in [2.45, 2.75) is 39.3 Å². The van der Waals surface area contributed by atoms with Gasteiger partial charge in [0, 0.05) is 24.7 Å². The van der Waals surface area contributed by atoms with Crippen LogP contribution in [0.2, 0.25) is 0 Å². The predicted octanol–water partition coefficient (Wildman–Crippen LogP) is 2.15. The van der Waals surface area contributed by atoms with E-state index >= 15 is 0 Å². The Kier molecular flexibility index (Phi) is 4.61. The van der Waals surface area contributed by atoms with Crippen molar-refractivity contribution in [2.24, 2.45) is 0 Å². The van der Waals surface area contributed by atoms with Gasteiger partial charge >= 0.3 is 0 Å². The number of benzene rings is 1. The molecule has 2 rings (SSSR count). The third-order valence-corrected chi connectivity index (χ3v) is 3.57.